The molecule has 0 atom stereocenters. The molecular weight excluding hydrogens is 416 g/mol. The van der Waals surface area contributed by atoms with Crippen LogP contribution in [0.25, 0.3) is 11.0 Å². The highest BCUT2D eigenvalue weighted by Crippen LogP contribution is 2.33. The Labute approximate surface area is 187 Å². The minimum absolute atomic E-state index is 0.00988. The van der Waals surface area contributed by atoms with Crippen molar-refractivity contribution in [3.63, 3.8) is 0 Å². The molecule has 3 aromatic rings. The summed E-state index contributed by atoms with van der Waals surface area (Å²) in [5.41, 5.74) is 2.43. The fraction of sp³-hybridized carbons (Fsp3) is 0.417. The number of aromatic nitrogens is 1. The van der Waals surface area contributed by atoms with Gasteiger partial charge in [-0.05, 0) is 69.6 Å². The van der Waals surface area contributed by atoms with E-state index >= 15 is 0 Å². The van der Waals surface area contributed by atoms with Crippen molar-refractivity contribution in [1.82, 2.24) is 10.1 Å². The molecule has 0 bridgehead atoms. The van der Waals surface area contributed by atoms with Crippen LogP contribution in [0.4, 0.5) is 0 Å². The monoisotopic (exact) mass is 442 g/mol. The number of hydrogen-bond donors (Lipinski definition) is 0. The molecule has 2 aromatic carbocycles. The summed E-state index contributed by atoms with van der Waals surface area (Å²) < 4.78 is 16.7. The number of ketones is 1. The average molecular weight is 443 g/mol. The Bertz CT molecular complexity index is 1060. The number of benzene rings is 2. The minimum atomic E-state index is 0.00988. The molecule has 0 saturated carbocycles. The van der Waals surface area contributed by atoms with E-state index < -0.39 is 0 Å². The van der Waals surface area contributed by atoms with Crippen LogP contribution in [0, 0.1) is 0 Å². The van der Waals surface area contributed by atoms with Crippen molar-refractivity contribution in [3.8, 4) is 11.5 Å². The number of ether oxygens (including phenoxy) is 2. The van der Waals surface area contributed by atoms with Crippen LogP contribution in [-0.2, 0) is 0 Å². The summed E-state index contributed by atoms with van der Waals surface area (Å²) in [4.78, 5) is 14.0. The van der Waals surface area contributed by atoms with Gasteiger partial charge in [-0.15, -0.1) is 0 Å². The van der Waals surface area contributed by atoms with Gasteiger partial charge in [0.05, 0.1) is 19.4 Å². The van der Waals surface area contributed by atoms with Gasteiger partial charge in [-0.3, -0.25) is 4.79 Å². The number of fused-ring (bicyclic) bond motifs is 1. The molecule has 0 N–H and O–H groups in total. The largest absolute Gasteiger partial charge is 0.493 e. The highest BCUT2D eigenvalue weighted by Gasteiger charge is 2.25. The number of halogens is 1. The second-order valence-corrected chi connectivity index (χ2v) is 8.38. The van der Waals surface area contributed by atoms with Crippen LogP contribution in [-0.4, -0.2) is 49.2 Å². The zero-order chi connectivity index (χ0) is 21.8. The SMILES string of the molecule is COc1cc(C(C)=O)ccc1OCCCN1CCC(c2noc3cc(Cl)ccc23)CC1. The lowest BCUT2D eigenvalue weighted by Crippen LogP contribution is -2.34. The zero-order valence-corrected chi connectivity index (χ0v) is 18.7. The van der Waals surface area contributed by atoms with E-state index in [-0.39, 0.29) is 5.78 Å². The smallest absolute Gasteiger partial charge is 0.168 e. The van der Waals surface area contributed by atoms with Gasteiger partial charge < -0.3 is 18.9 Å². The van der Waals surface area contributed by atoms with E-state index in [1.54, 1.807) is 32.2 Å². The lowest BCUT2D eigenvalue weighted by Gasteiger charge is -2.31. The van der Waals surface area contributed by atoms with Gasteiger partial charge in [0, 0.05) is 34.5 Å². The van der Waals surface area contributed by atoms with E-state index in [0.29, 0.717) is 34.6 Å². The number of hydrogen-bond acceptors (Lipinski definition) is 6. The summed E-state index contributed by atoms with van der Waals surface area (Å²) in [6.45, 7) is 5.19. The molecule has 1 aromatic heterocycles. The Balaban J connectivity index is 1.24. The predicted octanol–water partition coefficient (Wildman–Crippen LogP) is 5.34. The van der Waals surface area contributed by atoms with Gasteiger partial charge in [0.15, 0.2) is 22.9 Å². The number of methoxy groups -OCH3 is 1. The number of likely N-dealkylation sites (tertiary alicyclic amines) is 1. The summed E-state index contributed by atoms with van der Waals surface area (Å²) >= 11 is 6.04. The number of Topliss-reactive ketones (excluding diaryl/α,β-unsaturated/α-hetero) is 1. The first-order valence-corrected chi connectivity index (χ1v) is 11.0. The molecule has 0 radical (unpaired) electrons. The molecule has 31 heavy (non-hydrogen) atoms. The van der Waals surface area contributed by atoms with Gasteiger partial charge in [-0.2, -0.15) is 0 Å². The molecule has 0 amide bonds. The maximum atomic E-state index is 11.5. The molecule has 1 saturated heterocycles. The van der Waals surface area contributed by atoms with E-state index in [0.717, 1.165) is 55.6 Å². The fourth-order valence-electron chi connectivity index (χ4n) is 4.13. The Morgan fingerprint density at radius 1 is 1.19 bits per heavy atom. The summed E-state index contributed by atoms with van der Waals surface area (Å²) in [7, 11) is 1.59. The molecule has 6 nitrogen and oxygen atoms in total. The van der Waals surface area contributed by atoms with Crippen LogP contribution in [0.15, 0.2) is 40.9 Å². The number of rotatable bonds is 8. The first-order valence-electron chi connectivity index (χ1n) is 10.6. The predicted molar refractivity (Wildman–Crippen MR) is 121 cm³/mol. The van der Waals surface area contributed by atoms with Crippen LogP contribution in [0.3, 0.4) is 0 Å². The van der Waals surface area contributed by atoms with Crippen molar-refractivity contribution < 1.29 is 18.8 Å². The third-order valence-corrected chi connectivity index (χ3v) is 6.12. The fourth-order valence-corrected chi connectivity index (χ4v) is 4.29. The molecule has 2 heterocycles. The molecular formula is C24H27ClN2O4. The second-order valence-electron chi connectivity index (χ2n) is 7.95. The first kappa shape index (κ1) is 21.7. The quantitative estimate of drug-likeness (QED) is 0.346. The van der Waals surface area contributed by atoms with Crippen molar-refractivity contribution in [2.45, 2.75) is 32.1 Å². The summed E-state index contributed by atoms with van der Waals surface area (Å²) in [6.07, 6.45) is 3.05. The Kier molecular flexibility index (Phi) is 6.78. The summed E-state index contributed by atoms with van der Waals surface area (Å²) in [5.74, 6) is 1.69. The van der Waals surface area contributed by atoms with Gasteiger partial charge in [-0.1, -0.05) is 16.8 Å². The van der Waals surface area contributed by atoms with E-state index in [1.165, 1.54) is 0 Å². The molecule has 0 spiro atoms. The maximum absolute atomic E-state index is 11.5. The molecule has 164 valence electrons. The number of nitrogens with zero attached hydrogens (tertiary/aromatic N) is 2. The van der Waals surface area contributed by atoms with Crippen molar-refractivity contribution in [3.05, 3.63) is 52.7 Å². The Hall–Kier alpha value is -2.57. The lowest BCUT2D eigenvalue weighted by atomic mass is 9.91. The Morgan fingerprint density at radius 3 is 2.74 bits per heavy atom. The van der Waals surface area contributed by atoms with Crippen LogP contribution in [0.5, 0.6) is 11.5 Å². The van der Waals surface area contributed by atoms with E-state index in [9.17, 15) is 4.79 Å². The van der Waals surface area contributed by atoms with Gasteiger partial charge in [0.1, 0.15) is 0 Å². The summed E-state index contributed by atoms with van der Waals surface area (Å²) in [6, 6.07) is 11.0. The normalized spacial score (nSPS) is 15.3. The third-order valence-electron chi connectivity index (χ3n) is 5.88. The van der Waals surface area contributed by atoms with Crippen LogP contribution in [0.1, 0.15) is 48.2 Å². The second kappa shape index (κ2) is 9.71. The number of carbonyl (C=O) groups excluding carboxylic acids is 1. The molecule has 4 rings (SSSR count). The van der Waals surface area contributed by atoms with Crippen molar-refractivity contribution in [1.29, 1.82) is 0 Å². The molecule has 1 aliphatic rings. The summed E-state index contributed by atoms with van der Waals surface area (Å²) in [5, 5.41) is 6.06. The molecule has 0 unspecified atom stereocenters. The molecule has 0 aliphatic carbocycles. The maximum Gasteiger partial charge on any atom is 0.168 e. The first-order chi connectivity index (χ1) is 15.0. The average Bonchev–Trinajstić information content (AvgIpc) is 3.20. The molecule has 1 aliphatic heterocycles. The van der Waals surface area contributed by atoms with Gasteiger partial charge in [0.25, 0.3) is 0 Å². The van der Waals surface area contributed by atoms with Crippen molar-refractivity contribution >= 4 is 28.4 Å². The topological polar surface area (TPSA) is 64.8 Å². The zero-order valence-electron chi connectivity index (χ0n) is 17.9. The highest BCUT2D eigenvalue weighted by atomic mass is 35.5. The van der Waals surface area contributed by atoms with Gasteiger partial charge in [0.2, 0.25) is 0 Å². The van der Waals surface area contributed by atoms with Gasteiger partial charge >= 0.3 is 0 Å². The number of piperidine rings is 1. The third kappa shape index (κ3) is 5.02. The van der Waals surface area contributed by atoms with Crippen LogP contribution in [0.2, 0.25) is 5.02 Å². The van der Waals surface area contributed by atoms with Crippen molar-refractivity contribution in [2.75, 3.05) is 33.4 Å². The molecule has 7 heteroatoms. The van der Waals surface area contributed by atoms with Crippen molar-refractivity contribution in [2.24, 2.45) is 0 Å². The lowest BCUT2D eigenvalue weighted by molar-refractivity contribution is 0.101. The minimum Gasteiger partial charge on any atom is -0.493 e. The molecule has 1 fully saturated rings. The Morgan fingerprint density at radius 2 is 2.00 bits per heavy atom. The standard InChI is InChI=1S/C24H27ClN2O4/c1-16(28)18-4-7-21(23(14-18)29-2)30-13-3-10-27-11-8-17(9-12-27)24-20-6-5-19(25)15-22(20)31-26-24/h4-7,14-15,17H,3,8-13H2,1-2H3. The van der Waals surface area contributed by atoms with E-state index in [2.05, 4.69) is 10.1 Å². The number of carbonyl (C=O) groups is 1. The van der Waals surface area contributed by atoms with Gasteiger partial charge in [-0.25, -0.2) is 0 Å². The van der Waals surface area contributed by atoms with E-state index in [1.807, 2.05) is 18.2 Å². The van der Waals surface area contributed by atoms with Crippen LogP contribution >= 0.6 is 11.6 Å². The van der Waals surface area contributed by atoms with Crippen LogP contribution < -0.4 is 9.47 Å². The highest BCUT2D eigenvalue weighted by molar-refractivity contribution is 6.31. The van der Waals surface area contributed by atoms with E-state index in [4.69, 9.17) is 25.6 Å².